The summed E-state index contributed by atoms with van der Waals surface area (Å²) in [6.45, 7) is 4.48. The molecule has 0 saturated carbocycles. The van der Waals surface area contributed by atoms with Crippen molar-refractivity contribution in [1.82, 2.24) is 5.32 Å². The van der Waals surface area contributed by atoms with Gasteiger partial charge in [-0.3, -0.25) is 0 Å². The molecule has 0 aliphatic heterocycles. The van der Waals surface area contributed by atoms with Crippen LogP contribution in [0.5, 0.6) is 5.75 Å². The van der Waals surface area contributed by atoms with Crippen molar-refractivity contribution in [2.75, 3.05) is 31.7 Å². The molecule has 4 nitrogen and oxygen atoms in total. The number of carboxylic acid groups (broad SMARTS) is 1. The minimum absolute atomic E-state index is 0.249. The average Bonchev–Trinajstić information content (AvgIpc) is 2.39. The molecule has 0 spiro atoms. The third kappa shape index (κ3) is 6.50. The molecular formula is C14H21NO3S. The van der Waals surface area contributed by atoms with Gasteiger partial charge < -0.3 is 15.2 Å². The quantitative estimate of drug-likeness (QED) is 0.681. The van der Waals surface area contributed by atoms with E-state index in [1.807, 2.05) is 11.8 Å². The van der Waals surface area contributed by atoms with Gasteiger partial charge in [0.05, 0.1) is 5.56 Å². The van der Waals surface area contributed by atoms with Crippen molar-refractivity contribution in [3.63, 3.8) is 0 Å². The van der Waals surface area contributed by atoms with E-state index in [0.29, 0.717) is 18.3 Å². The highest BCUT2D eigenvalue weighted by molar-refractivity contribution is 7.98. The van der Waals surface area contributed by atoms with E-state index in [1.54, 1.807) is 24.3 Å². The number of carboxylic acids is 1. The Balaban J connectivity index is 2.22. The zero-order valence-electron chi connectivity index (χ0n) is 11.4. The molecule has 0 fully saturated rings. The van der Waals surface area contributed by atoms with E-state index in [0.717, 1.165) is 18.8 Å². The van der Waals surface area contributed by atoms with E-state index in [9.17, 15) is 4.79 Å². The number of nitrogens with one attached hydrogen (secondary N) is 1. The Morgan fingerprint density at radius 3 is 3.00 bits per heavy atom. The third-order valence-electron chi connectivity index (χ3n) is 2.57. The van der Waals surface area contributed by atoms with Gasteiger partial charge in [-0.25, -0.2) is 4.79 Å². The second kappa shape index (κ2) is 8.82. The normalized spacial score (nSPS) is 12.1. The van der Waals surface area contributed by atoms with Gasteiger partial charge in [0.15, 0.2) is 0 Å². The summed E-state index contributed by atoms with van der Waals surface area (Å²) < 4.78 is 5.51. The molecular weight excluding hydrogens is 262 g/mol. The summed E-state index contributed by atoms with van der Waals surface area (Å²) in [5.74, 6) is 1.45. The van der Waals surface area contributed by atoms with Gasteiger partial charge in [0.1, 0.15) is 12.4 Å². The van der Waals surface area contributed by atoms with Gasteiger partial charge in [0.25, 0.3) is 0 Å². The van der Waals surface area contributed by atoms with Crippen LogP contribution >= 0.6 is 11.8 Å². The molecule has 1 aromatic rings. The van der Waals surface area contributed by atoms with Crippen LogP contribution < -0.4 is 10.1 Å². The maximum Gasteiger partial charge on any atom is 0.335 e. The number of rotatable bonds is 9. The lowest BCUT2D eigenvalue weighted by Crippen LogP contribution is -2.26. The lowest BCUT2D eigenvalue weighted by molar-refractivity contribution is 0.0696. The van der Waals surface area contributed by atoms with Crippen molar-refractivity contribution in [3.8, 4) is 5.75 Å². The van der Waals surface area contributed by atoms with Gasteiger partial charge in [0.2, 0.25) is 0 Å². The monoisotopic (exact) mass is 283 g/mol. The molecule has 0 radical (unpaired) electrons. The first kappa shape index (κ1) is 15.9. The molecule has 2 N–H and O–H groups in total. The van der Waals surface area contributed by atoms with Crippen LogP contribution in [0.25, 0.3) is 0 Å². The first-order valence-electron chi connectivity index (χ1n) is 6.29. The summed E-state index contributed by atoms with van der Waals surface area (Å²) in [4.78, 5) is 10.8. The van der Waals surface area contributed by atoms with E-state index in [1.165, 1.54) is 0 Å². The summed E-state index contributed by atoms with van der Waals surface area (Å²) in [5, 5.41) is 12.2. The van der Waals surface area contributed by atoms with E-state index >= 15 is 0 Å². The fourth-order valence-electron chi connectivity index (χ4n) is 1.65. The van der Waals surface area contributed by atoms with Crippen LogP contribution in [0, 0.1) is 5.92 Å². The van der Waals surface area contributed by atoms with Crippen molar-refractivity contribution >= 4 is 17.7 Å². The highest BCUT2D eigenvalue weighted by atomic mass is 32.2. The Hall–Kier alpha value is -1.20. The highest BCUT2D eigenvalue weighted by Gasteiger charge is 2.04. The van der Waals surface area contributed by atoms with Gasteiger partial charge >= 0.3 is 5.97 Å². The summed E-state index contributed by atoms with van der Waals surface area (Å²) in [7, 11) is 0. The van der Waals surface area contributed by atoms with E-state index in [2.05, 4.69) is 18.5 Å². The number of ether oxygens (including phenoxy) is 1. The summed E-state index contributed by atoms with van der Waals surface area (Å²) in [6, 6.07) is 6.55. The van der Waals surface area contributed by atoms with Crippen LogP contribution in [0.15, 0.2) is 24.3 Å². The van der Waals surface area contributed by atoms with Gasteiger partial charge in [-0.1, -0.05) is 13.0 Å². The van der Waals surface area contributed by atoms with Crippen molar-refractivity contribution in [1.29, 1.82) is 0 Å². The fraction of sp³-hybridized carbons (Fsp3) is 0.500. The van der Waals surface area contributed by atoms with Crippen LogP contribution in [0.1, 0.15) is 17.3 Å². The number of hydrogen-bond acceptors (Lipinski definition) is 4. The second-order valence-corrected chi connectivity index (χ2v) is 5.36. The van der Waals surface area contributed by atoms with E-state index < -0.39 is 5.97 Å². The molecule has 0 aromatic heterocycles. The molecule has 106 valence electrons. The molecule has 0 bridgehead atoms. The summed E-state index contributed by atoms with van der Waals surface area (Å²) >= 11 is 1.85. The molecule has 0 saturated heterocycles. The second-order valence-electron chi connectivity index (χ2n) is 4.45. The van der Waals surface area contributed by atoms with Crippen molar-refractivity contribution in [2.24, 2.45) is 5.92 Å². The first-order valence-corrected chi connectivity index (χ1v) is 7.68. The van der Waals surface area contributed by atoms with E-state index in [4.69, 9.17) is 9.84 Å². The fourth-order valence-corrected chi connectivity index (χ4v) is 2.34. The molecule has 1 unspecified atom stereocenters. The largest absolute Gasteiger partial charge is 0.492 e. The SMILES string of the molecule is CSCC(C)CNCCOc1cccc(C(=O)O)c1. The Kier molecular flexibility index (Phi) is 7.36. The minimum Gasteiger partial charge on any atom is -0.492 e. The van der Waals surface area contributed by atoms with Crippen molar-refractivity contribution in [2.45, 2.75) is 6.92 Å². The zero-order valence-corrected chi connectivity index (χ0v) is 12.2. The predicted octanol–water partition coefficient (Wildman–Crippen LogP) is 2.35. The molecule has 1 rings (SSSR count). The Morgan fingerprint density at radius 2 is 2.32 bits per heavy atom. The average molecular weight is 283 g/mol. The number of thioether (sulfide) groups is 1. The summed E-state index contributed by atoms with van der Waals surface area (Å²) in [5.41, 5.74) is 0.249. The smallest absolute Gasteiger partial charge is 0.335 e. The zero-order chi connectivity index (χ0) is 14.1. The third-order valence-corrected chi connectivity index (χ3v) is 3.47. The molecule has 19 heavy (non-hydrogen) atoms. The van der Waals surface area contributed by atoms with Crippen molar-refractivity contribution in [3.05, 3.63) is 29.8 Å². The van der Waals surface area contributed by atoms with Gasteiger partial charge in [-0.05, 0) is 42.7 Å². The topological polar surface area (TPSA) is 58.6 Å². The molecule has 5 heteroatoms. The van der Waals surface area contributed by atoms with Gasteiger partial charge in [-0.15, -0.1) is 0 Å². The number of hydrogen-bond donors (Lipinski definition) is 2. The van der Waals surface area contributed by atoms with Gasteiger partial charge in [-0.2, -0.15) is 11.8 Å². The predicted molar refractivity (Wildman–Crippen MR) is 79.3 cm³/mol. The Morgan fingerprint density at radius 1 is 1.53 bits per heavy atom. The first-order chi connectivity index (χ1) is 9.13. The molecule has 0 amide bonds. The molecule has 0 aliphatic carbocycles. The summed E-state index contributed by atoms with van der Waals surface area (Å²) in [6.07, 6.45) is 2.11. The highest BCUT2D eigenvalue weighted by Crippen LogP contribution is 2.12. The molecule has 0 heterocycles. The number of carbonyl (C=O) groups is 1. The van der Waals surface area contributed by atoms with Crippen LogP contribution in [0.2, 0.25) is 0 Å². The van der Waals surface area contributed by atoms with Crippen LogP contribution in [0.4, 0.5) is 0 Å². The maximum atomic E-state index is 10.8. The number of benzene rings is 1. The van der Waals surface area contributed by atoms with Gasteiger partial charge in [0, 0.05) is 6.54 Å². The minimum atomic E-state index is -0.936. The van der Waals surface area contributed by atoms with Crippen LogP contribution in [-0.2, 0) is 0 Å². The Labute approximate surface area is 118 Å². The van der Waals surface area contributed by atoms with Crippen LogP contribution in [0.3, 0.4) is 0 Å². The van der Waals surface area contributed by atoms with Crippen molar-refractivity contribution < 1.29 is 14.6 Å². The number of aromatic carboxylic acids is 1. The molecule has 0 aliphatic rings. The molecule has 1 aromatic carbocycles. The molecule has 1 atom stereocenters. The van der Waals surface area contributed by atoms with E-state index in [-0.39, 0.29) is 5.56 Å². The van der Waals surface area contributed by atoms with Crippen LogP contribution in [-0.4, -0.2) is 42.8 Å². The maximum absolute atomic E-state index is 10.8. The lowest BCUT2D eigenvalue weighted by Gasteiger charge is -2.11. The standard InChI is InChI=1S/C14H21NO3S/c1-11(10-19-2)9-15-6-7-18-13-5-3-4-12(8-13)14(16)17/h3-5,8,11,15H,6-7,9-10H2,1-2H3,(H,16,17). The Bertz CT molecular complexity index is 398. The lowest BCUT2D eigenvalue weighted by atomic mass is 10.2.